The highest BCUT2D eigenvalue weighted by atomic mass is 32.2. The Balaban J connectivity index is 2.02. The maximum absolute atomic E-state index is 12.3. The van der Waals surface area contributed by atoms with Gasteiger partial charge in [-0.15, -0.1) is 11.3 Å². The predicted octanol–water partition coefficient (Wildman–Crippen LogP) is 1.53. The fourth-order valence-electron chi connectivity index (χ4n) is 2.18. The highest BCUT2D eigenvalue weighted by Gasteiger charge is 2.35. The first-order valence-corrected chi connectivity index (χ1v) is 8.73. The van der Waals surface area contributed by atoms with E-state index in [9.17, 15) is 13.2 Å². The summed E-state index contributed by atoms with van der Waals surface area (Å²) in [6, 6.07) is 3.95. The van der Waals surface area contributed by atoms with Gasteiger partial charge in [0.05, 0.1) is 24.0 Å². The molecule has 1 aliphatic rings. The lowest BCUT2D eigenvalue weighted by Gasteiger charge is -2.23. The zero-order chi connectivity index (χ0) is 13.2. The van der Waals surface area contributed by atoms with Gasteiger partial charge in [-0.05, 0) is 24.8 Å². The summed E-state index contributed by atoms with van der Waals surface area (Å²) in [5.41, 5.74) is 0. The van der Waals surface area contributed by atoms with Crippen LogP contribution in [0.1, 0.15) is 18.2 Å². The summed E-state index contributed by atoms with van der Waals surface area (Å²) in [6.45, 7) is 3.13. The second kappa shape index (κ2) is 5.40. The second-order valence-electron chi connectivity index (χ2n) is 4.53. The van der Waals surface area contributed by atoms with Gasteiger partial charge in [-0.25, -0.2) is 8.42 Å². The molecular formula is C12H17NO3S2. The van der Waals surface area contributed by atoms with E-state index in [4.69, 9.17) is 0 Å². The molecule has 2 rings (SSSR count). The van der Waals surface area contributed by atoms with Crippen LogP contribution in [-0.4, -0.2) is 37.3 Å². The number of carbonyl (C=O) groups excluding carboxylic acids is 1. The van der Waals surface area contributed by atoms with Gasteiger partial charge in [0, 0.05) is 11.4 Å². The number of amides is 1. The molecule has 1 aromatic heterocycles. The zero-order valence-corrected chi connectivity index (χ0v) is 12.0. The summed E-state index contributed by atoms with van der Waals surface area (Å²) >= 11 is 1.61. The van der Waals surface area contributed by atoms with Crippen LogP contribution in [0.25, 0.3) is 0 Å². The Hall–Kier alpha value is -0.880. The summed E-state index contributed by atoms with van der Waals surface area (Å²) in [6.07, 6.45) is 0.474. The van der Waals surface area contributed by atoms with Gasteiger partial charge in [-0.2, -0.15) is 0 Å². The van der Waals surface area contributed by atoms with E-state index in [1.807, 2.05) is 24.4 Å². The molecule has 0 saturated carbocycles. The molecule has 6 heteroatoms. The predicted molar refractivity (Wildman–Crippen MR) is 72.2 cm³/mol. The summed E-state index contributed by atoms with van der Waals surface area (Å²) in [5, 5.41) is 1.98. The van der Waals surface area contributed by atoms with Crippen LogP contribution in [0, 0.1) is 5.92 Å². The van der Waals surface area contributed by atoms with Crippen LogP contribution in [0.4, 0.5) is 0 Å². The lowest BCUT2D eigenvalue weighted by atomic mass is 10.1. The third kappa shape index (κ3) is 3.11. The molecule has 2 heterocycles. The molecule has 0 N–H and O–H groups in total. The normalized spacial score (nSPS) is 21.9. The molecule has 0 radical (unpaired) electrons. The third-order valence-corrected chi connectivity index (χ3v) is 5.83. The number of rotatable bonds is 4. The quantitative estimate of drug-likeness (QED) is 0.844. The zero-order valence-electron chi connectivity index (χ0n) is 10.3. The lowest BCUT2D eigenvalue weighted by molar-refractivity contribution is -0.135. The Morgan fingerprint density at radius 3 is 2.83 bits per heavy atom. The number of hydrogen-bond donors (Lipinski definition) is 0. The molecule has 1 aromatic rings. The SMILES string of the molecule is CCN(Cc1cccs1)C(=O)C1CCS(=O)(=O)C1. The molecule has 1 amide bonds. The van der Waals surface area contributed by atoms with Crippen molar-refractivity contribution in [2.75, 3.05) is 18.1 Å². The van der Waals surface area contributed by atoms with Crippen molar-refractivity contribution in [3.63, 3.8) is 0 Å². The average molecular weight is 287 g/mol. The maximum Gasteiger partial charge on any atom is 0.227 e. The molecule has 0 bridgehead atoms. The molecule has 4 nitrogen and oxygen atoms in total. The third-order valence-electron chi connectivity index (χ3n) is 3.20. The van der Waals surface area contributed by atoms with Crippen LogP contribution >= 0.6 is 11.3 Å². The van der Waals surface area contributed by atoms with Crippen LogP contribution in [0.2, 0.25) is 0 Å². The highest BCUT2D eigenvalue weighted by molar-refractivity contribution is 7.91. The van der Waals surface area contributed by atoms with E-state index in [0.717, 1.165) is 4.88 Å². The van der Waals surface area contributed by atoms with Crippen LogP contribution in [0.5, 0.6) is 0 Å². The Labute approximate surface area is 112 Å². The summed E-state index contributed by atoms with van der Waals surface area (Å²) < 4.78 is 22.8. The largest absolute Gasteiger partial charge is 0.338 e. The van der Waals surface area contributed by atoms with Gasteiger partial charge in [0.2, 0.25) is 5.91 Å². The molecule has 0 aromatic carbocycles. The van der Waals surface area contributed by atoms with Crippen LogP contribution in [0.15, 0.2) is 17.5 Å². The van der Waals surface area contributed by atoms with Crippen LogP contribution in [0.3, 0.4) is 0 Å². The van der Waals surface area contributed by atoms with E-state index in [1.54, 1.807) is 16.2 Å². The molecule has 0 aliphatic carbocycles. The highest BCUT2D eigenvalue weighted by Crippen LogP contribution is 2.22. The Morgan fingerprint density at radius 2 is 2.33 bits per heavy atom. The van der Waals surface area contributed by atoms with Crippen molar-refractivity contribution in [1.29, 1.82) is 0 Å². The van der Waals surface area contributed by atoms with Crippen molar-refractivity contribution >= 4 is 27.1 Å². The Kier molecular flexibility index (Phi) is 4.07. The number of carbonyl (C=O) groups is 1. The van der Waals surface area contributed by atoms with Gasteiger partial charge in [0.15, 0.2) is 9.84 Å². The van der Waals surface area contributed by atoms with E-state index in [1.165, 1.54) is 0 Å². The molecule has 1 saturated heterocycles. The van der Waals surface area contributed by atoms with Crippen molar-refractivity contribution in [2.24, 2.45) is 5.92 Å². The van der Waals surface area contributed by atoms with E-state index in [2.05, 4.69) is 0 Å². The number of thiophene rings is 1. The molecule has 1 fully saturated rings. The van der Waals surface area contributed by atoms with Gasteiger partial charge in [-0.1, -0.05) is 6.07 Å². The van der Waals surface area contributed by atoms with Crippen molar-refractivity contribution in [2.45, 2.75) is 19.9 Å². The minimum absolute atomic E-state index is 0.0206. The van der Waals surface area contributed by atoms with Crippen molar-refractivity contribution in [3.05, 3.63) is 22.4 Å². The molecule has 1 atom stereocenters. The summed E-state index contributed by atoms with van der Waals surface area (Å²) in [7, 11) is -2.99. The van der Waals surface area contributed by atoms with Gasteiger partial charge < -0.3 is 4.90 Å². The fraction of sp³-hybridized carbons (Fsp3) is 0.583. The maximum atomic E-state index is 12.3. The second-order valence-corrected chi connectivity index (χ2v) is 7.79. The van der Waals surface area contributed by atoms with E-state index < -0.39 is 9.84 Å². The minimum Gasteiger partial charge on any atom is -0.338 e. The summed E-state index contributed by atoms with van der Waals surface area (Å²) in [5.74, 6) is -0.186. The first-order valence-electron chi connectivity index (χ1n) is 6.03. The van der Waals surface area contributed by atoms with Crippen molar-refractivity contribution in [1.82, 2.24) is 4.90 Å². The molecular weight excluding hydrogens is 270 g/mol. The molecule has 100 valence electrons. The van der Waals surface area contributed by atoms with Crippen LogP contribution < -0.4 is 0 Å². The van der Waals surface area contributed by atoms with Crippen molar-refractivity contribution in [3.8, 4) is 0 Å². The fourth-order valence-corrected chi connectivity index (χ4v) is 4.64. The smallest absolute Gasteiger partial charge is 0.227 e. The average Bonchev–Trinajstić information content (AvgIpc) is 2.94. The Bertz CT molecular complexity index is 507. The van der Waals surface area contributed by atoms with E-state index in [-0.39, 0.29) is 23.3 Å². The van der Waals surface area contributed by atoms with Gasteiger partial charge in [0.25, 0.3) is 0 Å². The van der Waals surface area contributed by atoms with Gasteiger partial charge in [0.1, 0.15) is 0 Å². The first-order chi connectivity index (χ1) is 8.52. The molecule has 18 heavy (non-hydrogen) atoms. The number of nitrogens with zero attached hydrogens (tertiary/aromatic N) is 1. The minimum atomic E-state index is -2.99. The topological polar surface area (TPSA) is 54.5 Å². The van der Waals surface area contributed by atoms with E-state index in [0.29, 0.717) is 19.5 Å². The number of hydrogen-bond acceptors (Lipinski definition) is 4. The van der Waals surface area contributed by atoms with E-state index >= 15 is 0 Å². The van der Waals surface area contributed by atoms with Gasteiger partial charge >= 0.3 is 0 Å². The lowest BCUT2D eigenvalue weighted by Crippen LogP contribution is -2.35. The summed E-state index contributed by atoms with van der Waals surface area (Å²) in [4.78, 5) is 15.1. The monoisotopic (exact) mass is 287 g/mol. The number of sulfone groups is 1. The first kappa shape index (κ1) is 13.5. The van der Waals surface area contributed by atoms with Gasteiger partial charge in [-0.3, -0.25) is 4.79 Å². The molecule has 1 unspecified atom stereocenters. The molecule has 0 spiro atoms. The molecule has 1 aliphatic heterocycles. The van der Waals surface area contributed by atoms with Crippen molar-refractivity contribution < 1.29 is 13.2 Å². The Morgan fingerprint density at radius 1 is 1.56 bits per heavy atom. The standard InChI is InChI=1S/C12H17NO3S2/c1-2-13(8-11-4-3-6-17-11)12(14)10-5-7-18(15,16)9-10/h3-4,6,10H,2,5,7-9H2,1H3. The van der Waals surface area contributed by atoms with Crippen LogP contribution in [-0.2, 0) is 21.2 Å².